The average molecular weight is 158 g/mol. The van der Waals surface area contributed by atoms with Gasteiger partial charge in [0, 0.05) is 6.07 Å². The Morgan fingerprint density at radius 3 is 2.91 bits per heavy atom. The second-order valence-corrected chi connectivity index (χ2v) is 2.75. The Morgan fingerprint density at radius 1 is 1.73 bits per heavy atom. The first-order valence-electron chi connectivity index (χ1n) is 3.53. The molecule has 0 fully saturated rings. The molecule has 0 N–H and O–H groups in total. The lowest BCUT2D eigenvalue weighted by Crippen LogP contribution is -2.04. The molecule has 0 aliphatic heterocycles. The molecule has 0 atom stereocenters. The molecule has 4 heteroatoms. The van der Waals surface area contributed by atoms with Crippen molar-refractivity contribution in [2.24, 2.45) is 5.92 Å². The van der Waals surface area contributed by atoms with E-state index in [1.165, 1.54) is 12.3 Å². The molecule has 0 amide bonds. The Labute approximate surface area is 64.7 Å². The van der Waals surface area contributed by atoms with E-state index in [9.17, 15) is 4.48 Å². The number of halogens is 1. The minimum absolute atomic E-state index is 0.232. The summed E-state index contributed by atoms with van der Waals surface area (Å²) in [5, 5.41) is 3.41. The number of hydrogen-bond donors (Lipinski definition) is 0. The van der Waals surface area contributed by atoms with Gasteiger partial charge in [-0.25, -0.2) is 0 Å². The molecule has 0 bridgehead atoms. The minimum Gasteiger partial charge on any atom is -0.476 e. The third-order valence-electron chi connectivity index (χ3n) is 1.10. The summed E-state index contributed by atoms with van der Waals surface area (Å²) in [6, 6.07) is 1.49. The van der Waals surface area contributed by atoms with Crippen molar-refractivity contribution in [3.63, 3.8) is 0 Å². The Hall–Kier alpha value is -1.06. The van der Waals surface area contributed by atoms with Crippen LogP contribution in [0.5, 0.6) is 5.88 Å². The van der Waals surface area contributed by atoms with Crippen molar-refractivity contribution in [2.45, 2.75) is 13.8 Å². The van der Waals surface area contributed by atoms with E-state index in [4.69, 9.17) is 4.74 Å². The van der Waals surface area contributed by atoms with Crippen LogP contribution in [0.15, 0.2) is 12.3 Å². The van der Waals surface area contributed by atoms with E-state index in [0.717, 1.165) is 0 Å². The highest BCUT2D eigenvalue weighted by Gasteiger charge is 1.99. The molecule has 0 aliphatic carbocycles. The first-order valence-corrected chi connectivity index (χ1v) is 3.53. The fourth-order valence-electron chi connectivity index (χ4n) is 0.615. The van der Waals surface area contributed by atoms with E-state index in [0.29, 0.717) is 18.4 Å². The van der Waals surface area contributed by atoms with Gasteiger partial charge in [-0.3, -0.25) is 0 Å². The Balaban J connectivity index is 2.39. The molecule has 1 aromatic heterocycles. The average Bonchev–Trinajstić information content (AvgIpc) is 2.31. The van der Waals surface area contributed by atoms with Crippen LogP contribution in [0.25, 0.3) is 0 Å². The molecule has 1 rings (SSSR count). The van der Waals surface area contributed by atoms with E-state index in [1.54, 1.807) is 0 Å². The Kier molecular flexibility index (Phi) is 2.46. The normalized spacial score (nSPS) is 10.5. The smallest absolute Gasteiger partial charge is 0.235 e. The van der Waals surface area contributed by atoms with Gasteiger partial charge in [0.15, 0.2) is 0 Å². The standard InChI is InChI=1S/C7H11FN2O/c1-6(2)5-11-7-3-4-10(8)9-7/h3-4,6H,5H2,1-2H3. The van der Waals surface area contributed by atoms with E-state index in [1.807, 2.05) is 13.8 Å². The van der Waals surface area contributed by atoms with Crippen LogP contribution in [-0.4, -0.2) is 16.6 Å². The van der Waals surface area contributed by atoms with Crippen molar-refractivity contribution >= 4 is 0 Å². The van der Waals surface area contributed by atoms with E-state index in [-0.39, 0.29) is 4.90 Å². The summed E-state index contributed by atoms with van der Waals surface area (Å²) < 4.78 is 17.3. The van der Waals surface area contributed by atoms with Crippen LogP contribution in [-0.2, 0) is 0 Å². The van der Waals surface area contributed by atoms with Crippen molar-refractivity contribution < 1.29 is 9.22 Å². The highest BCUT2D eigenvalue weighted by molar-refractivity contribution is 5.04. The van der Waals surface area contributed by atoms with Crippen LogP contribution < -0.4 is 4.74 Å². The van der Waals surface area contributed by atoms with Crippen LogP contribution >= 0.6 is 0 Å². The van der Waals surface area contributed by atoms with Crippen molar-refractivity contribution in [3.05, 3.63) is 12.3 Å². The number of nitrogens with zero attached hydrogens (tertiary/aromatic N) is 2. The summed E-state index contributed by atoms with van der Waals surface area (Å²) in [6.45, 7) is 4.61. The number of hydrogen-bond acceptors (Lipinski definition) is 2. The summed E-state index contributed by atoms with van der Waals surface area (Å²) in [6.07, 6.45) is 1.20. The topological polar surface area (TPSA) is 27.1 Å². The molecule has 0 aliphatic rings. The summed E-state index contributed by atoms with van der Waals surface area (Å²) in [5.41, 5.74) is 0. The molecule has 1 heterocycles. The highest BCUT2D eigenvalue weighted by Crippen LogP contribution is 2.06. The zero-order chi connectivity index (χ0) is 8.27. The fraction of sp³-hybridized carbons (Fsp3) is 0.571. The third kappa shape index (κ3) is 2.57. The number of ether oxygens (including phenoxy) is 1. The summed E-state index contributed by atoms with van der Waals surface area (Å²) in [7, 11) is 0. The first kappa shape index (κ1) is 8.04. The zero-order valence-electron chi connectivity index (χ0n) is 6.62. The second-order valence-electron chi connectivity index (χ2n) is 2.75. The third-order valence-corrected chi connectivity index (χ3v) is 1.10. The largest absolute Gasteiger partial charge is 0.476 e. The lowest BCUT2D eigenvalue weighted by Gasteiger charge is -2.03. The van der Waals surface area contributed by atoms with Crippen LogP contribution in [0.2, 0.25) is 0 Å². The van der Waals surface area contributed by atoms with Crippen LogP contribution in [0.1, 0.15) is 13.8 Å². The van der Waals surface area contributed by atoms with Gasteiger partial charge >= 0.3 is 0 Å². The highest BCUT2D eigenvalue weighted by atomic mass is 19.2. The Bertz CT molecular complexity index is 222. The molecule has 0 saturated heterocycles. The maximum Gasteiger partial charge on any atom is 0.235 e. The van der Waals surface area contributed by atoms with Gasteiger partial charge in [-0.2, -0.15) is 0 Å². The molecular formula is C7H11FN2O. The molecule has 62 valence electrons. The van der Waals surface area contributed by atoms with E-state index < -0.39 is 0 Å². The monoisotopic (exact) mass is 158 g/mol. The lowest BCUT2D eigenvalue weighted by molar-refractivity contribution is 0.242. The van der Waals surface area contributed by atoms with Gasteiger partial charge in [-0.15, -0.1) is 5.10 Å². The van der Waals surface area contributed by atoms with Gasteiger partial charge in [0.05, 0.1) is 12.8 Å². The molecule has 11 heavy (non-hydrogen) atoms. The minimum atomic E-state index is 0.232. The Morgan fingerprint density at radius 2 is 2.45 bits per heavy atom. The van der Waals surface area contributed by atoms with E-state index >= 15 is 0 Å². The number of aromatic nitrogens is 2. The molecule has 0 unspecified atom stereocenters. The van der Waals surface area contributed by atoms with Gasteiger partial charge in [0.25, 0.3) is 0 Å². The summed E-state index contributed by atoms with van der Waals surface area (Å²) in [5.74, 6) is 0.765. The van der Waals surface area contributed by atoms with Crippen LogP contribution in [0.4, 0.5) is 4.48 Å². The maximum absolute atomic E-state index is 12.2. The summed E-state index contributed by atoms with van der Waals surface area (Å²) >= 11 is 0. The molecule has 1 aromatic rings. The SMILES string of the molecule is CC(C)COc1ccn(F)n1. The molecule has 0 radical (unpaired) electrons. The maximum atomic E-state index is 12.2. The van der Waals surface area contributed by atoms with Crippen molar-refractivity contribution in [1.82, 2.24) is 10.0 Å². The van der Waals surface area contributed by atoms with Crippen LogP contribution in [0.3, 0.4) is 0 Å². The number of rotatable bonds is 3. The molecular weight excluding hydrogens is 147 g/mol. The fourth-order valence-corrected chi connectivity index (χ4v) is 0.615. The molecule has 0 saturated carbocycles. The van der Waals surface area contributed by atoms with Gasteiger partial charge in [-0.1, -0.05) is 23.2 Å². The molecule has 0 spiro atoms. The molecule has 0 aromatic carbocycles. The quantitative estimate of drug-likeness (QED) is 0.668. The summed E-state index contributed by atoms with van der Waals surface area (Å²) in [4.78, 5) is 0.232. The van der Waals surface area contributed by atoms with Crippen LogP contribution in [0, 0.1) is 5.92 Å². The lowest BCUT2D eigenvalue weighted by atomic mass is 10.2. The predicted octanol–water partition coefficient (Wildman–Crippen LogP) is 1.65. The van der Waals surface area contributed by atoms with Gasteiger partial charge in [-0.05, 0) is 5.92 Å². The first-order chi connectivity index (χ1) is 5.18. The van der Waals surface area contributed by atoms with Crippen molar-refractivity contribution in [3.8, 4) is 5.88 Å². The second kappa shape index (κ2) is 3.37. The molecule has 3 nitrogen and oxygen atoms in total. The van der Waals surface area contributed by atoms with Gasteiger partial charge in [0.1, 0.15) is 0 Å². The van der Waals surface area contributed by atoms with E-state index in [2.05, 4.69) is 5.10 Å². The van der Waals surface area contributed by atoms with Gasteiger partial charge in [0.2, 0.25) is 5.88 Å². The predicted molar refractivity (Wildman–Crippen MR) is 39.1 cm³/mol. The van der Waals surface area contributed by atoms with Crippen molar-refractivity contribution in [2.75, 3.05) is 6.61 Å². The zero-order valence-corrected chi connectivity index (χ0v) is 6.62. The van der Waals surface area contributed by atoms with Gasteiger partial charge < -0.3 is 4.74 Å². The van der Waals surface area contributed by atoms with Crippen molar-refractivity contribution in [1.29, 1.82) is 0 Å².